The topological polar surface area (TPSA) is 38.0 Å². The molecule has 0 spiro atoms. The summed E-state index contributed by atoms with van der Waals surface area (Å²) in [5.41, 5.74) is 7.49. The third kappa shape index (κ3) is 2.45. The maximum absolute atomic E-state index is 5.87. The lowest BCUT2D eigenvalue weighted by Gasteiger charge is -2.35. The van der Waals surface area contributed by atoms with Gasteiger partial charge in [-0.05, 0) is 49.1 Å². The highest BCUT2D eigenvalue weighted by Crippen LogP contribution is 2.48. The highest BCUT2D eigenvalue weighted by atomic mass is 15.2. The van der Waals surface area contributed by atoms with E-state index in [9.17, 15) is 0 Å². The van der Waals surface area contributed by atoms with Gasteiger partial charge < -0.3 is 0 Å². The molecule has 1 aliphatic rings. The normalized spacial score (nSPS) is 24.2. The van der Waals surface area contributed by atoms with Gasteiger partial charge in [0.15, 0.2) is 0 Å². The highest BCUT2D eigenvalue weighted by Gasteiger charge is 2.40. The van der Waals surface area contributed by atoms with Crippen molar-refractivity contribution in [3.8, 4) is 0 Å². The largest absolute Gasteiger partial charge is 0.271 e. The number of hydrazine groups is 1. The molecule has 0 heterocycles. The molecular weight excluding hydrogens is 220 g/mol. The molecule has 1 aromatic carbocycles. The number of aryl methyl sites for hydroxylation is 2. The minimum atomic E-state index is 0.280. The van der Waals surface area contributed by atoms with Crippen molar-refractivity contribution in [1.82, 2.24) is 5.43 Å². The van der Waals surface area contributed by atoms with E-state index in [1.165, 1.54) is 36.0 Å². The SMILES string of the molecule is Cc1ccc(C)c(C(NN)C2CCCC2(C)C)c1. The fourth-order valence-electron chi connectivity index (χ4n) is 3.49. The zero-order valence-corrected chi connectivity index (χ0v) is 12.1. The molecule has 1 aromatic rings. The van der Waals surface area contributed by atoms with E-state index < -0.39 is 0 Å². The summed E-state index contributed by atoms with van der Waals surface area (Å²) in [7, 11) is 0. The zero-order valence-electron chi connectivity index (χ0n) is 12.1. The quantitative estimate of drug-likeness (QED) is 0.631. The van der Waals surface area contributed by atoms with Gasteiger partial charge >= 0.3 is 0 Å². The monoisotopic (exact) mass is 246 g/mol. The second kappa shape index (κ2) is 5.02. The highest BCUT2D eigenvalue weighted by molar-refractivity contribution is 5.33. The second-order valence-corrected chi connectivity index (χ2v) is 6.49. The maximum atomic E-state index is 5.87. The molecule has 3 N–H and O–H groups in total. The molecule has 2 nitrogen and oxygen atoms in total. The first-order valence-electron chi connectivity index (χ1n) is 6.99. The average molecular weight is 246 g/mol. The van der Waals surface area contributed by atoms with Gasteiger partial charge in [-0.2, -0.15) is 0 Å². The lowest BCUT2D eigenvalue weighted by molar-refractivity contribution is 0.198. The number of nitrogens with one attached hydrogen (secondary N) is 1. The van der Waals surface area contributed by atoms with Crippen molar-refractivity contribution >= 4 is 0 Å². The van der Waals surface area contributed by atoms with Gasteiger partial charge in [-0.3, -0.25) is 11.3 Å². The summed E-state index contributed by atoms with van der Waals surface area (Å²) in [6.07, 6.45) is 3.90. The van der Waals surface area contributed by atoms with E-state index in [4.69, 9.17) is 5.84 Å². The van der Waals surface area contributed by atoms with Gasteiger partial charge in [-0.25, -0.2) is 0 Å². The molecule has 1 aliphatic carbocycles. The molecule has 2 heteroatoms. The van der Waals surface area contributed by atoms with Crippen LogP contribution in [0.3, 0.4) is 0 Å². The van der Waals surface area contributed by atoms with Crippen LogP contribution in [0.1, 0.15) is 55.8 Å². The summed E-state index contributed by atoms with van der Waals surface area (Å²) >= 11 is 0. The Hall–Kier alpha value is -0.860. The molecule has 2 rings (SSSR count). The molecular formula is C16H26N2. The zero-order chi connectivity index (χ0) is 13.3. The first-order chi connectivity index (χ1) is 8.45. The van der Waals surface area contributed by atoms with Crippen LogP contribution in [0.15, 0.2) is 18.2 Å². The Labute approximate surface area is 111 Å². The van der Waals surface area contributed by atoms with Crippen molar-refractivity contribution in [2.45, 2.75) is 53.0 Å². The molecule has 2 atom stereocenters. The third-order valence-corrected chi connectivity index (χ3v) is 4.69. The van der Waals surface area contributed by atoms with Gasteiger partial charge in [-0.15, -0.1) is 0 Å². The van der Waals surface area contributed by atoms with Crippen molar-refractivity contribution in [3.05, 3.63) is 34.9 Å². The molecule has 0 aliphatic heterocycles. The summed E-state index contributed by atoms with van der Waals surface area (Å²) in [5, 5.41) is 0. The van der Waals surface area contributed by atoms with Crippen LogP contribution in [0, 0.1) is 25.2 Å². The Kier molecular flexibility index (Phi) is 3.79. The fraction of sp³-hybridized carbons (Fsp3) is 0.625. The van der Waals surface area contributed by atoms with Crippen LogP contribution in [0.4, 0.5) is 0 Å². The number of benzene rings is 1. The van der Waals surface area contributed by atoms with Gasteiger partial charge in [0.05, 0.1) is 0 Å². The minimum absolute atomic E-state index is 0.280. The van der Waals surface area contributed by atoms with Crippen molar-refractivity contribution < 1.29 is 0 Å². The number of nitrogens with two attached hydrogens (primary N) is 1. The van der Waals surface area contributed by atoms with E-state index in [2.05, 4.69) is 51.3 Å². The van der Waals surface area contributed by atoms with Crippen molar-refractivity contribution in [1.29, 1.82) is 0 Å². The minimum Gasteiger partial charge on any atom is -0.271 e. The van der Waals surface area contributed by atoms with E-state index >= 15 is 0 Å². The second-order valence-electron chi connectivity index (χ2n) is 6.49. The molecule has 0 bridgehead atoms. The maximum Gasteiger partial charge on any atom is 0.0495 e. The lowest BCUT2D eigenvalue weighted by atomic mass is 9.75. The fourth-order valence-corrected chi connectivity index (χ4v) is 3.49. The standard InChI is InChI=1S/C16H26N2/c1-11-7-8-12(2)13(10-11)15(18-17)14-6-5-9-16(14,3)4/h7-8,10,14-15,18H,5-6,9,17H2,1-4H3. The van der Waals surface area contributed by atoms with Crippen LogP contribution in [-0.4, -0.2) is 0 Å². The Balaban J connectivity index is 2.36. The number of hydrogen-bond donors (Lipinski definition) is 2. The smallest absolute Gasteiger partial charge is 0.0495 e. The molecule has 1 fully saturated rings. The number of rotatable bonds is 3. The Morgan fingerprint density at radius 2 is 2.06 bits per heavy atom. The van der Waals surface area contributed by atoms with Crippen LogP contribution in [-0.2, 0) is 0 Å². The summed E-state index contributed by atoms with van der Waals surface area (Å²) in [6.45, 7) is 9.08. The van der Waals surface area contributed by atoms with Crippen LogP contribution in [0.25, 0.3) is 0 Å². The first kappa shape index (κ1) is 13.6. The molecule has 100 valence electrons. The average Bonchev–Trinajstić information content (AvgIpc) is 2.65. The van der Waals surface area contributed by atoms with E-state index in [-0.39, 0.29) is 6.04 Å². The summed E-state index contributed by atoms with van der Waals surface area (Å²) in [4.78, 5) is 0. The molecule has 2 unspecified atom stereocenters. The predicted molar refractivity (Wildman–Crippen MR) is 77.1 cm³/mol. The summed E-state index contributed by atoms with van der Waals surface area (Å²) in [5.74, 6) is 6.50. The lowest BCUT2D eigenvalue weighted by Crippen LogP contribution is -2.38. The van der Waals surface area contributed by atoms with Crippen LogP contribution in [0.5, 0.6) is 0 Å². The van der Waals surface area contributed by atoms with E-state index in [0.29, 0.717) is 11.3 Å². The predicted octanol–water partition coefficient (Wildman–Crippen LogP) is 3.63. The van der Waals surface area contributed by atoms with E-state index in [0.717, 1.165) is 0 Å². The van der Waals surface area contributed by atoms with Crippen molar-refractivity contribution in [2.24, 2.45) is 17.2 Å². The molecule has 0 aromatic heterocycles. The Morgan fingerprint density at radius 1 is 1.33 bits per heavy atom. The Bertz CT molecular complexity index is 423. The van der Waals surface area contributed by atoms with Gasteiger partial charge in [-0.1, -0.05) is 44.0 Å². The molecule has 1 saturated carbocycles. The molecule has 0 radical (unpaired) electrons. The summed E-state index contributed by atoms with van der Waals surface area (Å²) < 4.78 is 0. The van der Waals surface area contributed by atoms with Gasteiger partial charge in [0, 0.05) is 6.04 Å². The first-order valence-corrected chi connectivity index (χ1v) is 6.99. The van der Waals surface area contributed by atoms with Gasteiger partial charge in [0.2, 0.25) is 0 Å². The van der Waals surface area contributed by atoms with Crippen LogP contribution >= 0.6 is 0 Å². The van der Waals surface area contributed by atoms with Gasteiger partial charge in [0.1, 0.15) is 0 Å². The van der Waals surface area contributed by atoms with Crippen LogP contribution in [0.2, 0.25) is 0 Å². The Morgan fingerprint density at radius 3 is 2.61 bits per heavy atom. The summed E-state index contributed by atoms with van der Waals surface area (Å²) in [6, 6.07) is 6.94. The van der Waals surface area contributed by atoms with Crippen molar-refractivity contribution in [3.63, 3.8) is 0 Å². The van der Waals surface area contributed by atoms with Crippen molar-refractivity contribution in [2.75, 3.05) is 0 Å². The number of hydrogen-bond acceptors (Lipinski definition) is 2. The van der Waals surface area contributed by atoms with Gasteiger partial charge in [0.25, 0.3) is 0 Å². The van der Waals surface area contributed by atoms with E-state index in [1.54, 1.807) is 0 Å². The van der Waals surface area contributed by atoms with Crippen LogP contribution < -0.4 is 11.3 Å². The molecule has 0 amide bonds. The molecule has 18 heavy (non-hydrogen) atoms. The van der Waals surface area contributed by atoms with E-state index in [1.807, 2.05) is 0 Å². The molecule has 0 saturated heterocycles. The third-order valence-electron chi connectivity index (χ3n) is 4.69.